The first kappa shape index (κ1) is 20.3. The molecule has 24 heavy (non-hydrogen) atoms. The maximum absolute atomic E-state index is 12.5. The molecule has 0 aromatic rings. The van der Waals surface area contributed by atoms with Gasteiger partial charge in [-0.25, -0.2) is 4.79 Å². The van der Waals surface area contributed by atoms with Crippen LogP contribution in [0.15, 0.2) is 0 Å². The van der Waals surface area contributed by atoms with Crippen molar-refractivity contribution in [3.8, 4) is 0 Å². The molecular formula is C17H31N3O4. The third kappa shape index (κ3) is 8.74. The molecule has 138 valence electrons. The van der Waals surface area contributed by atoms with Gasteiger partial charge in [0.1, 0.15) is 11.6 Å². The average molecular weight is 341 g/mol. The number of nitrogens with one attached hydrogen (secondary N) is 2. The molecule has 1 aliphatic rings. The number of carbonyl (C=O) groups excluding carboxylic acids is 3. The average Bonchev–Trinajstić information content (AvgIpc) is 2.38. The Hall–Kier alpha value is -1.79. The van der Waals surface area contributed by atoms with E-state index in [1.54, 1.807) is 20.8 Å². The molecule has 4 N–H and O–H groups in total. The first-order valence-electron chi connectivity index (χ1n) is 8.75. The molecule has 0 radical (unpaired) electrons. The number of hydrogen-bond acceptors (Lipinski definition) is 4. The second kappa shape index (κ2) is 9.49. The zero-order valence-electron chi connectivity index (χ0n) is 15.0. The predicted octanol–water partition coefficient (Wildman–Crippen LogP) is 1.98. The minimum atomic E-state index is -1.01. The Balaban J connectivity index is 2.62. The van der Waals surface area contributed by atoms with Crippen LogP contribution in [0.1, 0.15) is 72.1 Å². The fourth-order valence-electron chi connectivity index (χ4n) is 2.76. The first-order chi connectivity index (χ1) is 11.2. The van der Waals surface area contributed by atoms with E-state index in [4.69, 9.17) is 10.5 Å². The van der Waals surface area contributed by atoms with Crippen molar-refractivity contribution in [1.82, 2.24) is 10.6 Å². The van der Waals surface area contributed by atoms with Crippen LogP contribution in [0.25, 0.3) is 0 Å². The van der Waals surface area contributed by atoms with Crippen LogP contribution in [0, 0.1) is 0 Å². The van der Waals surface area contributed by atoms with Crippen molar-refractivity contribution in [3.63, 3.8) is 0 Å². The third-order valence-corrected chi connectivity index (χ3v) is 3.86. The van der Waals surface area contributed by atoms with E-state index in [2.05, 4.69) is 10.6 Å². The fourth-order valence-corrected chi connectivity index (χ4v) is 2.76. The Kier molecular flexibility index (Phi) is 8.01. The molecule has 0 bridgehead atoms. The van der Waals surface area contributed by atoms with E-state index in [9.17, 15) is 14.4 Å². The fraction of sp³-hybridized carbons (Fsp3) is 0.824. The van der Waals surface area contributed by atoms with E-state index in [-0.39, 0.29) is 18.4 Å². The summed E-state index contributed by atoms with van der Waals surface area (Å²) in [5.41, 5.74) is 4.52. The topological polar surface area (TPSA) is 111 Å². The van der Waals surface area contributed by atoms with Gasteiger partial charge in [-0.05, 0) is 33.6 Å². The van der Waals surface area contributed by atoms with E-state index in [1.807, 2.05) is 0 Å². The van der Waals surface area contributed by atoms with E-state index in [0.29, 0.717) is 0 Å². The SMILES string of the molecule is CC(C)(C)OC(=O)N[C@@H](CC(N)=O)C(=O)NC1CCCCCCC1. The van der Waals surface area contributed by atoms with E-state index < -0.39 is 23.6 Å². The van der Waals surface area contributed by atoms with Crippen LogP contribution < -0.4 is 16.4 Å². The Morgan fingerprint density at radius 1 is 1.08 bits per heavy atom. The highest BCUT2D eigenvalue weighted by Crippen LogP contribution is 2.17. The minimum absolute atomic E-state index is 0.0774. The summed E-state index contributed by atoms with van der Waals surface area (Å²) in [6.07, 6.45) is 6.59. The summed E-state index contributed by atoms with van der Waals surface area (Å²) in [6, 6.07) is -0.934. The molecule has 7 nitrogen and oxygen atoms in total. The number of primary amides is 1. The van der Waals surface area contributed by atoms with E-state index in [0.717, 1.165) is 25.7 Å². The molecule has 7 heteroatoms. The Morgan fingerprint density at radius 2 is 1.62 bits per heavy atom. The molecule has 0 unspecified atom stereocenters. The van der Waals surface area contributed by atoms with E-state index in [1.165, 1.54) is 19.3 Å². The number of amides is 3. The van der Waals surface area contributed by atoms with Crippen molar-refractivity contribution >= 4 is 17.9 Å². The van der Waals surface area contributed by atoms with Gasteiger partial charge in [0, 0.05) is 6.04 Å². The Labute approximate surface area is 144 Å². The van der Waals surface area contributed by atoms with Crippen molar-refractivity contribution in [3.05, 3.63) is 0 Å². The highest BCUT2D eigenvalue weighted by atomic mass is 16.6. The predicted molar refractivity (Wildman–Crippen MR) is 91.2 cm³/mol. The summed E-state index contributed by atoms with van der Waals surface area (Å²) < 4.78 is 5.14. The lowest BCUT2D eigenvalue weighted by Gasteiger charge is -2.25. The third-order valence-electron chi connectivity index (χ3n) is 3.86. The molecule has 0 saturated heterocycles. The van der Waals surface area contributed by atoms with Crippen LogP contribution in [0.4, 0.5) is 4.79 Å². The molecule has 1 rings (SSSR count). The van der Waals surface area contributed by atoms with Gasteiger partial charge in [-0.3, -0.25) is 9.59 Å². The smallest absolute Gasteiger partial charge is 0.408 e. The van der Waals surface area contributed by atoms with Gasteiger partial charge in [-0.1, -0.05) is 32.1 Å². The van der Waals surface area contributed by atoms with Crippen molar-refractivity contribution in [2.75, 3.05) is 0 Å². The minimum Gasteiger partial charge on any atom is -0.444 e. The normalized spacial score (nSPS) is 18.0. The summed E-state index contributed by atoms with van der Waals surface area (Å²) >= 11 is 0. The zero-order chi connectivity index (χ0) is 18.2. The zero-order valence-corrected chi connectivity index (χ0v) is 15.0. The first-order valence-corrected chi connectivity index (χ1v) is 8.75. The van der Waals surface area contributed by atoms with Gasteiger partial charge in [0.2, 0.25) is 11.8 Å². The molecule has 0 heterocycles. The van der Waals surface area contributed by atoms with Gasteiger partial charge in [0.25, 0.3) is 0 Å². The molecule has 0 aliphatic heterocycles. The molecule has 3 amide bonds. The van der Waals surface area contributed by atoms with E-state index >= 15 is 0 Å². The van der Waals surface area contributed by atoms with Gasteiger partial charge in [0.15, 0.2) is 0 Å². The van der Waals surface area contributed by atoms with Crippen molar-refractivity contribution in [2.24, 2.45) is 5.73 Å². The molecule has 0 spiro atoms. The van der Waals surface area contributed by atoms with Gasteiger partial charge in [-0.2, -0.15) is 0 Å². The molecular weight excluding hydrogens is 310 g/mol. The summed E-state index contributed by atoms with van der Waals surface area (Å²) in [7, 11) is 0. The lowest BCUT2D eigenvalue weighted by Crippen LogP contribution is -2.52. The number of nitrogens with two attached hydrogens (primary N) is 1. The van der Waals surface area contributed by atoms with Crippen LogP contribution in [-0.4, -0.2) is 35.6 Å². The number of carbonyl (C=O) groups is 3. The van der Waals surface area contributed by atoms with Crippen LogP contribution in [0.2, 0.25) is 0 Å². The van der Waals surface area contributed by atoms with Crippen molar-refractivity contribution in [2.45, 2.75) is 89.8 Å². The van der Waals surface area contributed by atoms with Crippen LogP contribution in [-0.2, 0) is 14.3 Å². The van der Waals surface area contributed by atoms with Gasteiger partial charge < -0.3 is 21.1 Å². The molecule has 1 fully saturated rings. The standard InChI is InChI=1S/C17H31N3O4/c1-17(2,3)24-16(23)20-13(11-14(18)21)15(22)19-12-9-7-5-4-6-8-10-12/h12-13H,4-11H2,1-3H3,(H2,18,21)(H,19,22)(H,20,23)/t13-/m0/s1. The number of alkyl carbamates (subject to hydrolysis) is 1. The lowest BCUT2D eigenvalue weighted by atomic mass is 9.96. The van der Waals surface area contributed by atoms with Gasteiger partial charge in [0.05, 0.1) is 6.42 Å². The summed E-state index contributed by atoms with van der Waals surface area (Å²) in [5.74, 6) is -1.03. The lowest BCUT2D eigenvalue weighted by molar-refractivity contribution is -0.127. The molecule has 1 aliphatic carbocycles. The van der Waals surface area contributed by atoms with Crippen molar-refractivity contribution in [1.29, 1.82) is 0 Å². The second-order valence-corrected chi connectivity index (χ2v) is 7.42. The largest absolute Gasteiger partial charge is 0.444 e. The van der Waals surface area contributed by atoms with Crippen molar-refractivity contribution < 1.29 is 19.1 Å². The second-order valence-electron chi connectivity index (χ2n) is 7.42. The summed E-state index contributed by atoms with van der Waals surface area (Å²) in [5, 5.41) is 5.39. The Morgan fingerprint density at radius 3 is 2.12 bits per heavy atom. The van der Waals surface area contributed by atoms with Gasteiger partial charge in [-0.15, -0.1) is 0 Å². The molecule has 1 saturated carbocycles. The molecule has 1 atom stereocenters. The van der Waals surface area contributed by atoms with Crippen LogP contribution in [0.3, 0.4) is 0 Å². The quantitative estimate of drug-likeness (QED) is 0.710. The number of hydrogen-bond donors (Lipinski definition) is 3. The Bertz CT molecular complexity index is 438. The number of rotatable bonds is 5. The molecule has 0 aromatic heterocycles. The highest BCUT2D eigenvalue weighted by molar-refractivity contribution is 5.90. The van der Waals surface area contributed by atoms with Crippen LogP contribution >= 0.6 is 0 Å². The summed E-state index contributed by atoms with van der Waals surface area (Å²) in [4.78, 5) is 35.6. The maximum atomic E-state index is 12.5. The highest BCUT2D eigenvalue weighted by Gasteiger charge is 2.27. The molecule has 0 aromatic carbocycles. The maximum Gasteiger partial charge on any atom is 0.408 e. The number of ether oxygens (including phenoxy) is 1. The summed E-state index contributed by atoms with van der Waals surface area (Å²) in [6.45, 7) is 5.18. The van der Waals surface area contributed by atoms with Gasteiger partial charge >= 0.3 is 6.09 Å². The monoisotopic (exact) mass is 341 g/mol. The van der Waals surface area contributed by atoms with Crippen LogP contribution in [0.5, 0.6) is 0 Å².